The van der Waals surface area contributed by atoms with E-state index in [0.717, 1.165) is 5.56 Å². The number of hydrogen-bond donors (Lipinski definition) is 2. The zero-order valence-corrected chi connectivity index (χ0v) is 13.2. The standard InChI is InChI=1S/C15H15BrF2N2O/c1-8-3-4-9(7-12(8)21-2)15(20-19)13-11(17)6-5-10(16)14(13)18/h3-7,15,20H,19H2,1-2H3. The van der Waals surface area contributed by atoms with Gasteiger partial charge in [0.15, 0.2) is 0 Å². The molecule has 21 heavy (non-hydrogen) atoms. The van der Waals surface area contributed by atoms with Crippen LogP contribution in [0.15, 0.2) is 34.8 Å². The maximum atomic E-state index is 14.2. The molecule has 1 atom stereocenters. The Morgan fingerprint density at radius 1 is 1.24 bits per heavy atom. The first-order valence-electron chi connectivity index (χ1n) is 6.23. The van der Waals surface area contributed by atoms with Gasteiger partial charge in [0.2, 0.25) is 0 Å². The molecule has 0 aliphatic heterocycles. The van der Waals surface area contributed by atoms with Crippen molar-refractivity contribution in [1.82, 2.24) is 5.43 Å². The van der Waals surface area contributed by atoms with Gasteiger partial charge in [-0.15, -0.1) is 0 Å². The molecule has 6 heteroatoms. The molecular formula is C15H15BrF2N2O. The summed E-state index contributed by atoms with van der Waals surface area (Å²) in [5, 5.41) is 0. The van der Waals surface area contributed by atoms with Gasteiger partial charge in [0.25, 0.3) is 0 Å². The topological polar surface area (TPSA) is 47.3 Å². The van der Waals surface area contributed by atoms with Gasteiger partial charge in [-0.25, -0.2) is 14.2 Å². The second-order valence-corrected chi connectivity index (χ2v) is 5.44. The van der Waals surface area contributed by atoms with Crippen molar-refractivity contribution in [2.24, 2.45) is 5.84 Å². The molecule has 3 N–H and O–H groups in total. The Morgan fingerprint density at radius 3 is 2.57 bits per heavy atom. The molecule has 3 nitrogen and oxygen atoms in total. The van der Waals surface area contributed by atoms with Crippen LogP contribution in [0.3, 0.4) is 0 Å². The fraction of sp³-hybridized carbons (Fsp3) is 0.200. The van der Waals surface area contributed by atoms with Gasteiger partial charge in [0.05, 0.1) is 17.6 Å². The number of benzene rings is 2. The quantitative estimate of drug-likeness (QED) is 0.499. The summed E-state index contributed by atoms with van der Waals surface area (Å²) in [5.74, 6) is 4.79. The van der Waals surface area contributed by atoms with Crippen LogP contribution in [0.25, 0.3) is 0 Å². The minimum atomic E-state index is -0.822. The minimum absolute atomic E-state index is 0.141. The Kier molecular flexibility index (Phi) is 4.92. The average Bonchev–Trinajstić information content (AvgIpc) is 2.48. The Bertz CT molecular complexity index is 664. The number of nitrogens with one attached hydrogen (secondary N) is 1. The molecule has 2 aromatic carbocycles. The van der Waals surface area contributed by atoms with Gasteiger partial charge in [0, 0.05) is 5.56 Å². The number of hydrogen-bond acceptors (Lipinski definition) is 3. The number of hydrazine groups is 1. The maximum absolute atomic E-state index is 14.2. The molecule has 112 valence electrons. The Hall–Kier alpha value is -1.50. The van der Waals surface area contributed by atoms with E-state index in [-0.39, 0.29) is 10.0 Å². The van der Waals surface area contributed by atoms with Crippen LogP contribution in [0.4, 0.5) is 8.78 Å². The predicted octanol–water partition coefficient (Wildman–Crippen LogP) is 3.60. The molecule has 1 unspecified atom stereocenters. The van der Waals surface area contributed by atoms with E-state index in [2.05, 4.69) is 21.4 Å². The van der Waals surface area contributed by atoms with Gasteiger partial charge in [-0.2, -0.15) is 0 Å². The SMILES string of the molecule is COc1cc(C(NN)c2c(F)ccc(Br)c2F)ccc1C. The van der Waals surface area contributed by atoms with Crippen LogP contribution >= 0.6 is 15.9 Å². The molecular weight excluding hydrogens is 342 g/mol. The van der Waals surface area contributed by atoms with E-state index in [9.17, 15) is 8.78 Å². The molecule has 0 aliphatic carbocycles. The van der Waals surface area contributed by atoms with E-state index < -0.39 is 17.7 Å². The highest BCUT2D eigenvalue weighted by molar-refractivity contribution is 9.10. The van der Waals surface area contributed by atoms with Crippen molar-refractivity contribution in [2.75, 3.05) is 7.11 Å². The Labute approximate surface area is 130 Å². The van der Waals surface area contributed by atoms with E-state index in [4.69, 9.17) is 10.6 Å². The van der Waals surface area contributed by atoms with Crippen LogP contribution in [0.2, 0.25) is 0 Å². The molecule has 0 fully saturated rings. The third-order valence-corrected chi connectivity index (χ3v) is 3.91. The molecule has 0 aliphatic rings. The lowest BCUT2D eigenvalue weighted by molar-refractivity contribution is 0.410. The van der Waals surface area contributed by atoms with E-state index in [1.807, 2.05) is 13.0 Å². The highest BCUT2D eigenvalue weighted by Gasteiger charge is 2.23. The normalized spacial score (nSPS) is 12.3. The highest BCUT2D eigenvalue weighted by atomic mass is 79.9. The van der Waals surface area contributed by atoms with Crippen molar-refractivity contribution in [3.05, 3.63) is 63.1 Å². The van der Waals surface area contributed by atoms with Crippen molar-refractivity contribution in [3.63, 3.8) is 0 Å². The summed E-state index contributed by atoms with van der Waals surface area (Å²) < 4.78 is 33.7. The van der Waals surface area contributed by atoms with Crippen molar-refractivity contribution >= 4 is 15.9 Å². The molecule has 0 heterocycles. The first-order chi connectivity index (χ1) is 9.99. The summed E-state index contributed by atoms with van der Waals surface area (Å²) in [5.41, 5.74) is 3.85. The predicted molar refractivity (Wildman–Crippen MR) is 81.0 cm³/mol. The highest BCUT2D eigenvalue weighted by Crippen LogP contribution is 2.32. The van der Waals surface area contributed by atoms with E-state index >= 15 is 0 Å². The summed E-state index contributed by atoms with van der Waals surface area (Å²) in [6.45, 7) is 1.88. The average molecular weight is 357 g/mol. The molecule has 0 amide bonds. The summed E-state index contributed by atoms with van der Waals surface area (Å²) in [7, 11) is 1.54. The van der Waals surface area contributed by atoms with Gasteiger partial charge in [-0.3, -0.25) is 5.84 Å². The summed E-state index contributed by atoms with van der Waals surface area (Å²) >= 11 is 3.06. The van der Waals surface area contributed by atoms with Gasteiger partial charge >= 0.3 is 0 Å². The third-order valence-electron chi connectivity index (χ3n) is 3.30. The second-order valence-electron chi connectivity index (χ2n) is 4.59. The summed E-state index contributed by atoms with van der Waals surface area (Å²) in [4.78, 5) is 0. The summed E-state index contributed by atoms with van der Waals surface area (Å²) in [6.07, 6.45) is 0. The number of nitrogens with two attached hydrogens (primary N) is 1. The number of rotatable bonds is 4. The fourth-order valence-electron chi connectivity index (χ4n) is 2.17. The molecule has 0 saturated heterocycles. The van der Waals surface area contributed by atoms with Crippen molar-refractivity contribution in [3.8, 4) is 5.75 Å². The number of methoxy groups -OCH3 is 1. The Balaban J connectivity index is 2.57. The van der Waals surface area contributed by atoms with Crippen LogP contribution in [0.1, 0.15) is 22.7 Å². The van der Waals surface area contributed by atoms with Gasteiger partial charge in [0.1, 0.15) is 17.4 Å². The van der Waals surface area contributed by atoms with Crippen LogP contribution in [-0.4, -0.2) is 7.11 Å². The minimum Gasteiger partial charge on any atom is -0.496 e. The van der Waals surface area contributed by atoms with Gasteiger partial charge < -0.3 is 4.74 Å². The smallest absolute Gasteiger partial charge is 0.145 e. The zero-order chi connectivity index (χ0) is 15.6. The lowest BCUT2D eigenvalue weighted by Gasteiger charge is -2.20. The third kappa shape index (κ3) is 3.07. The van der Waals surface area contributed by atoms with E-state index in [0.29, 0.717) is 11.3 Å². The lowest BCUT2D eigenvalue weighted by atomic mass is 9.97. The fourth-order valence-corrected chi connectivity index (χ4v) is 2.52. The van der Waals surface area contributed by atoms with Gasteiger partial charge in [-0.05, 0) is 52.2 Å². The largest absolute Gasteiger partial charge is 0.496 e. The monoisotopic (exact) mass is 356 g/mol. The number of aryl methyl sites for hydroxylation is 1. The first-order valence-corrected chi connectivity index (χ1v) is 7.03. The molecule has 0 saturated carbocycles. The summed E-state index contributed by atoms with van der Waals surface area (Å²) in [6, 6.07) is 6.96. The van der Waals surface area contributed by atoms with Crippen LogP contribution < -0.4 is 16.0 Å². The second kappa shape index (κ2) is 6.51. The van der Waals surface area contributed by atoms with Crippen LogP contribution in [-0.2, 0) is 0 Å². The molecule has 0 aromatic heterocycles. The van der Waals surface area contributed by atoms with Crippen LogP contribution in [0.5, 0.6) is 5.75 Å². The number of halogens is 3. The molecule has 2 rings (SSSR count). The van der Waals surface area contributed by atoms with Crippen molar-refractivity contribution in [1.29, 1.82) is 0 Å². The lowest BCUT2D eigenvalue weighted by Crippen LogP contribution is -2.30. The van der Waals surface area contributed by atoms with Crippen LogP contribution in [0, 0.1) is 18.6 Å². The van der Waals surface area contributed by atoms with E-state index in [1.54, 1.807) is 12.1 Å². The first kappa shape index (κ1) is 15.9. The Morgan fingerprint density at radius 2 is 1.95 bits per heavy atom. The zero-order valence-electron chi connectivity index (χ0n) is 11.6. The molecule has 0 bridgehead atoms. The molecule has 2 aromatic rings. The maximum Gasteiger partial charge on any atom is 0.145 e. The van der Waals surface area contributed by atoms with Crippen molar-refractivity contribution < 1.29 is 13.5 Å². The van der Waals surface area contributed by atoms with Crippen molar-refractivity contribution in [2.45, 2.75) is 13.0 Å². The molecule has 0 spiro atoms. The van der Waals surface area contributed by atoms with Gasteiger partial charge in [-0.1, -0.05) is 12.1 Å². The number of ether oxygens (including phenoxy) is 1. The van der Waals surface area contributed by atoms with E-state index in [1.165, 1.54) is 19.2 Å². The molecule has 0 radical (unpaired) electrons.